The molecule has 2 rings (SSSR count). The van der Waals surface area contributed by atoms with Crippen LogP contribution in [-0.2, 0) is 16.4 Å². The summed E-state index contributed by atoms with van der Waals surface area (Å²) in [6.07, 6.45) is 1.57. The molecule has 0 radical (unpaired) electrons. The zero-order chi connectivity index (χ0) is 13.9. The molecular formula is C12H14IN3O2S. The average Bonchev–Trinajstić information content (AvgIpc) is 2.85. The van der Waals surface area contributed by atoms with Gasteiger partial charge >= 0.3 is 0 Å². The fraction of sp³-hybridized carbons (Fsp3) is 0.333. The van der Waals surface area contributed by atoms with E-state index in [1.54, 1.807) is 17.9 Å². The highest BCUT2D eigenvalue weighted by Crippen LogP contribution is 2.17. The van der Waals surface area contributed by atoms with E-state index in [9.17, 15) is 8.42 Å². The van der Waals surface area contributed by atoms with Gasteiger partial charge in [0.2, 0.25) is 0 Å². The SMILES string of the molecule is CCS(=O)(=O)CCn1cnc(-c2cccc(I)c2)n1. The Kier molecular flexibility index (Phi) is 4.56. The van der Waals surface area contributed by atoms with Crippen LogP contribution in [0.1, 0.15) is 6.92 Å². The van der Waals surface area contributed by atoms with Crippen LogP contribution in [0.15, 0.2) is 30.6 Å². The second kappa shape index (κ2) is 6.00. The molecule has 1 aromatic carbocycles. The van der Waals surface area contributed by atoms with Crippen LogP contribution in [0.2, 0.25) is 0 Å². The number of nitrogens with zero attached hydrogens (tertiary/aromatic N) is 3. The van der Waals surface area contributed by atoms with Crippen molar-refractivity contribution < 1.29 is 8.42 Å². The van der Waals surface area contributed by atoms with Crippen molar-refractivity contribution in [3.05, 3.63) is 34.2 Å². The second-order valence-corrected chi connectivity index (χ2v) is 7.80. The van der Waals surface area contributed by atoms with E-state index in [1.165, 1.54) is 0 Å². The minimum Gasteiger partial charge on any atom is -0.251 e. The molecule has 0 atom stereocenters. The van der Waals surface area contributed by atoms with Gasteiger partial charge in [0, 0.05) is 14.9 Å². The summed E-state index contributed by atoms with van der Waals surface area (Å²) < 4.78 is 25.5. The first kappa shape index (κ1) is 14.4. The molecule has 19 heavy (non-hydrogen) atoms. The Morgan fingerprint density at radius 3 is 2.84 bits per heavy atom. The predicted octanol–water partition coefficient (Wildman–Crippen LogP) is 1.98. The van der Waals surface area contributed by atoms with Crippen LogP contribution >= 0.6 is 22.6 Å². The molecule has 0 saturated carbocycles. The monoisotopic (exact) mass is 391 g/mol. The van der Waals surface area contributed by atoms with Gasteiger partial charge in [-0.05, 0) is 34.7 Å². The van der Waals surface area contributed by atoms with Gasteiger partial charge in [-0.3, -0.25) is 4.68 Å². The zero-order valence-electron chi connectivity index (χ0n) is 10.5. The number of hydrogen-bond donors (Lipinski definition) is 0. The fourth-order valence-corrected chi connectivity index (χ4v) is 2.84. The highest BCUT2D eigenvalue weighted by molar-refractivity contribution is 14.1. The summed E-state index contributed by atoms with van der Waals surface area (Å²) in [5.41, 5.74) is 0.934. The lowest BCUT2D eigenvalue weighted by Gasteiger charge is -2.00. The molecule has 1 aromatic heterocycles. The summed E-state index contributed by atoms with van der Waals surface area (Å²) in [7, 11) is -2.97. The van der Waals surface area contributed by atoms with Gasteiger partial charge in [0.1, 0.15) is 6.33 Å². The lowest BCUT2D eigenvalue weighted by Crippen LogP contribution is -2.14. The summed E-state index contributed by atoms with van der Waals surface area (Å²) in [4.78, 5) is 4.21. The molecule has 0 N–H and O–H groups in total. The topological polar surface area (TPSA) is 64.8 Å². The third-order valence-corrected chi connectivity index (χ3v) is 5.05. The minimum absolute atomic E-state index is 0.0959. The van der Waals surface area contributed by atoms with Crippen molar-refractivity contribution in [1.82, 2.24) is 14.8 Å². The average molecular weight is 391 g/mol. The van der Waals surface area contributed by atoms with Crippen molar-refractivity contribution in [2.24, 2.45) is 0 Å². The van der Waals surface area contributed by atoms with Crippen LogP contribution in [-0.4, -0.2) is 34.7 Å². The number of benzene rings is 1. The van der Waals surface area contributed by atoms with Gasteiger partial charge in [-0.2, -0.15) is 5.10 Å². The smallest absolute Gasteiger partial charge is 0.181 e. The maximum atomic E-state index is 11.4. The van der Waals surface area contributed by atoms with Gasteiger partial charge in [-0.15, -0.1) is 0 Å². The molecule has 0 amide bonds. The van der Waals surface area contributed by atoms with Gasteiger partial charge < -0.3 is 0 Å². The molecule has 0 aliphatic heterocycles. The Balaban J connectivity index is 2.12. The van der Waals surface area contributed by atoms with E-state index in [-0.39, 0.29) is 11.5 Å². The zero-order valence-corrected chi connectivity index (χ0v) is 13.4. The van der Waals surface area contributed by atoms with Gasteiger partial charge in [-0.25, -0.2) is 13.4 Å². The van der Waals surface area contributed by atoms with E-state index in [0.717, 1.165) is 9.13 Å². The first-order valence-electron chi connectivity index (χ1n) is 5.86. The summed E-state index contributed by atoms with van der Waals surface area (Å²) in [5.74, 6) is 0.872. The van der Waals surface area contributed by atoms with E-state index < -0.39 is 9.84 Å². The van der Waals surface area contributed by atoms with Crippen molar-refractivity contribution in [2.75, 3.05) is 11.5 Å². The Hall–Kier alpha value is -0.960. The van der Waals surface area contributed by atoms with Gasteiger partial charge in [0.15, 0.2) is 15.7 Å². The molecule has 0 spiro atoms. The lowest BCUT2D eigenvalue weighted by molar-refractivity contribution is 0.581. The molecule has 0 aliphatic rings. The van der Waals surface area contributed by atoms with E-state index in [4.69, 9.17) is 0 Å². The normalized spacial score (nSPS) is 11.7. The molecule has 0 unspecified atom stereocenters. The van der Waals surface area contributed by atoms with Crippen LogP contribution in [0.25, 0.3) is 11.4 Å². The Bertz CT molecular complexity index is 667. The molecule has 0 fully saturated rings. The van der Waals surface area contributed by atoms with Gasteiger partial charge in [0.25, 0.3) is 0 Å². The van der Waals surface area contributed by atoms with Crippen molar-refractivity contribution >= 4 is 32.4 Å². The quantitative estimate of drug-likeness (QED) is 0.732. The number of halogens is 1. The Morgan fingerprint density at radius 1 is 1.37 bits per heavy atom. The Labute approximate surface area is 126 Å². The van der Waals surface area contributed by atoms with E-state index in [0.29, 0.717) is 12.4 Å². The number of aromatic nitrogens is 3. The number of rotatable bonds is 5. The molecule has 2 aromatic rings. The number of hydrogen-bond acceptors (Lipinski definition) is 4. The highest BCUT2D eigenvalue weighted by Gasteiger charge is 2.09. The van der Waals surface area contributed by atoms with Crippen LogP contribution in [0.3, 0.4) is 0 Å². The largest absolute Gasteiger partial charge is 0.251 e. The third kappa shape index (κ3) is 4.00. The third-order valence-electron chi connectivity index (χ3n) is 2.69. The fourth-order valence-electron chi connectivity index (χ4n) is 1.54. The molecule has 7 heteroatoms. The Morgan fingerprint density at radius 2 is 2.16 bits per heavy atom. The van der Waals surface area contributed by atoms with Crippen molar-refractivity contribution in [2.45, 2.75) is 13.5 Å². The molecule has 0 aliphatic carbocycles. The van der Waals surface area contributed by atoms with E-state index in [1.807, 2.05) is 24.3 Å². The van der Waals surface area contributed by atoms with Gasteiger partial charge in [-0.1, -0.05) is 19.1 Å². The summed E-state index contributed by atoms with van der Waals surface area (Å²) in [6, 6.07) is 7.86. The van der Waals surface area contributed by atoms with Crippen molar-refractivity contribution in [1.29, 1.82) is 0 Å². The molecular weight excluding hydrogens is 377 g/mol. The molecule has 0 bridgehead atoms. The molecule has 0 saturated heterocycles. The predicted molar refractivity (Wildman–Crippen MR) is 82.5 cm³/mol. The van der Waals surface area contributed by atoms with Crippen LogP contribution in [0.4, 0.5) is 0 Å². The summed E-state index contributed by atoms with van der Waals surface area (Å²) in [5, 5.41) is 4.30. The second-order valence-electron chi connectivity index (χ2n) is 4.08. The standard InChI is InChI=1S/C12H14IN3O2S/c1-2-19(17,18)7-6-16-9-14-12(15-16)10-4-3-5-11(13)8-10/h3-5,8-9H,2,6-7H2,1H3. The van der Waals surface area contributed by atoms with Crippen molar-refractivity contribution in [3.63, 3.8) is 0 Å². The molecule has 102 valence electrons. The first-order valence-corrected chi connectivity index (χ1v) is 8.76. The maximum Gasteiger partial charge on any atom is 0.181 e. The van der Waals surface area contributed by atoms with Crippen molar-refractivity contribution in [3.8, 4) is 11.4 Å². The van der Waals surface area contributed by atoms with Crippen LogP contribution in [0.5, 0.6) is 0 Å². The van der Waals surface area contributed by atoms with E-state index >= 15 is 0 Å². The number of sulfone groups is 1. The molecule has 5 nitrogen and oxygen atoms in total. The van der Waals surface area contributed by atoms with Crippen LogP contribution < -0.4 is 0 Å². The number of aryl methyl sites for hydroxylation is 1. The summed E-state index contributed by atoms with van der Waals surface area (Å²) >= 11 is 2.23. The maximum absolute atomic E-state index is 11.4. The van der Waals surface area contributed by atoms with Crippen LogP contribution in [0, 0.1) is 3.57 Å². The minimum atomic E-state index is -2.97. The lowest BCUT2D eigenvalue weighted by atomic mass is 10.2. The molecule has 1 heterocycles. The van der Waals surface area contributed by atoms with E-state index in [2.05, 4.69) is 32.7 Å². The summed E-state index contributed by atoms with van der Waals surface area (Å²) in [6.45, 7) is 1.99. The van der Waals surface area contributed by atoms with Gasteiger partial charge in [0.05, 0.1) is 12.3 Å². The highest BCUT2D eigenvalue weighted by atomic mass is 127. The first-order chi connectivity index (χ1) is 9.00.